The van der Waals surface area contributed by atoms with Crippen LogP contribution in [0.2, 0.25) is 0 Å². The van der Waals surface area contributed by atoms with Crippen molar-refractivity contribution < 1.29 is 4.74 Å². The van der Waals surface area contributed by atoms with Gasteiger partial charge in [0.15, 0.2) is 5.96 Å². The number of nitrogens with one attached hydrogen (secondary N) is 2. The molecule has 0 aromatic heterocycles. The second kappa shape index (κ2) is 14.1. The molecule has 5 nitrogen and oxygen atoms in total. The maximum absolute atomic E-state index is 5.19. The van der Waals surface area contributed by atoms with Gasteiger partial charge >= 0.3 is 0 Å². The Hall–Kier alpha value is -1.02. The van der Waals surface area contributed by atoms with E-state index in [-0.39, 0.29) is 24.0 Å². The van der Waals surface area contributed by atoms with E-state index < -0.39 is 0 Å². The third-order valence-electron chi connectivity index (χ3n) is 4.57. The van der Waals surface area contributed by atoms with Crippen molar-refractivity contribution in [3.05, 3.63) is 29.8 Å². The van der Waals surface area contributed by atoms with Crippen molar-refractivity contribution in [2.45, 2.75) is 45.6 Å². The number of halogens is 1. The van der Waals surface area contributed by atoms with E-state index in [4.69, 9.17) is 4.74 Å². The largest absolute Gasteiger partial charge is 0.497 e. The Balaban J connectivity index is 0.00000338. The van der Waals surface area contributed by atoms with E-state index in [1.807, 2.05) is 12.1 Å². The minimum atomic E-state index is 0. The maximum atomic E-state index is 5.19. The molecule has 0 saturated carbocycles. The molecule has 6 heteroatoms. The van der Waals surface area contributed by atoms with Crippen LogP contribution in [0.15, 0.2) is 29.3 Å². The summed E-state index contributed by atoms with van der Waals surface area (Å²) in [5.41, 5.74) is 1.18. The Morgan fingerprint density at radius 1 is 1.08 bits per heavy atom. The summed E-state index contributed by atoms with van der Waals surface area (Å²) in [5, 5.41) is 6.78. The lowest BCUT2D eigenvalue weighted by atomic mass is 10.2. The second-order valence-corrected chi connectivity index (χ2v) is 6.58. The van der Waals surface area contributed by atoms with E-state index in [0.29, 0.717) is 6.54 Å². The molecule has 1 aliphatic heterocycles. The van der Waals surface area contributed by atoms with E-state index in [9.17, 15) is 0 Å². The molecule has 0 radical (unpaired) electrons. The van der Waals surface area contributed by atoms with Gasteiger partial charge in [-0.15, -0.1) is 24.0 Å². The van der Waals surface area contributed by atoms with Crippen LogP contribution < -0.4 is 15.4 Å². The highest BCUT2D eigenvalue weighted by molar-refractivity contribution is 14.0. The fraction of sp³-hybridized carbons (Fsp3) is 0.650. The van der Waals surface area contributed by atoms with Gasteiger partial charge in [0.05, 0.1) is 13.7 Å². The number of ether oxygens (including phenoxy) is 1. The second-order valence-electron chi connectivity index (χ2n) is 6.58. The van der Waals surface area contributed by atoms with Crippen molar-refractivity contribution in [3.8, 4) is 5.75 Å². The van der Waals surface area contributed by atoms with E-state index in [1.165, 1.54) is 50.9 Å². The molecule has 2 N–H and O–H groups in total. The average Bonchev–Trinajstić information content (AvgIpc) is 2.92. The summed E-state index contributed by atoms with van der Waals surface area (Å²) in [5.74, 6) is 1.78. The highest BCUT2D eigenvalue weighted by Gasteiger charge is 2.08. The molecule has 0 aliphatic carbocycles. The van der Waals surface area contributed by atoms with Gasteiger partial charge in [0, 0.05) is 13.1 Å². The van der Waals surface area contributed by atoms with Crippen LogP contribution in [0, 0.1) is 0 Å². The molecule has 0 atom stereocenters. The zero-order chi connectivity index (χ0) is 17.7. The van der Waals surface area contributed by atoms with Gasteiger partial charge in [-0.3, -0.25) is 0 Å². The molecule has 2 rings (SSSR count). The van der Waals surface area contributed by atoms with Crippen molar-refractivity contribution in [2.75, 3.05) is 39.8 Å². The van der Waals surface area contributed by atoms with Crippen LogP contribution in [-0.2, 0) is 6.54 Å². The predicted molar refractivity (Wildman–Crippen MR) is 121 cm³/mol. The van der Waals surface area contributed by atoms with Crippen LogP contribution in [0.5, 0.6) is 5.75 Å². The SMILES string of the molecule is CCNC(=NCc1ccc(OC)cc1)NCCCN1CCCCCC1.I. The molecule has 0 unspecified atom stereocenters. The number of benzene rings is 1. The zero-order valence-corrected chi connectivity index (χ0v) is 18.6. The van der Waals surface area contributed by atoms with Gasteiger partial charge in [-0.1, -0.05) is 25.0 Å². The van der Waals surface area contributed by atoms with Gasteiger partial charge in [-0.05, 0) is 63.5 Å². The van der Waals surface area contributed by atoms with Gasteiger partial charge in [0.1, 0.15) is 5.75 Å². The summed E-state index contributed by atoms with van der Waals surface area (Å²) in [6, 6.07) is 8.08. The summed E-state index contributed by atoms with van der Waals surface area (Å²) >= 11 is 0. The third-order valence-corrected chi connectivity index (χ3v) is 4.57. The van der Waals surface area contributed by atoms with Crippen LogP contribution in [0.3, 0.4) is 0 Å². The molecule has 1 aliphatic rings. The Kier molecular flexibility index (Phi) is 12.5. The van der Waals surface area contributed by atoms with Gasteiger partial charge < -0.3 is 20.3 Å². The molecule has 0 spiro atoms. The van der Waals surface area contributed by atoms with E-state index in [2.05, 4.69) is 39.6 Å². The number of hydrogen-bond donors (Lipinski definition) is 2. The summed E-state index contributed by atoms with van der Waals surface area (Å²) in [7, 11) is 1.69. The Morgan fingerprint density at radius 3 is 2.38 bits per heavy atom. The molecule has 1 saturated heterocycles. The topological polar surface area (TPSA) is 48.9 Å². The first kappa shape index (κ1) is 23.0. The first-order chi connectivity index (χ1) is 12.3. The number of methoxy groups -OCH3 is 1. The van der Waals surface area contributed by atoms with Crippen molar-refractivity contribution in [1.82, 2.24) is 15.5 Å². The van der Waals surface area contributed by atoms with Crippen LogP contribution >= 0.6 is 24.0 Å². The summed E-state index contributed by atoms with van der Waals surface area (Å²) in [6.07, 6.45) is 6.68. The molecule has 26 heavy (non-hydrogen) atoms. The summed E-state index contributed by atoms with van der Waals surface area (Å²) < 4.78 is 5.19. The molecule has 0 bridgehead atoms. The van der Waals surface area contributed by atoms with E-state index in [0.717, 1.165) is 31.2 Å². The lowest BCUT2D eigenvalue weighted by Gasteiger charge is -2.20. The van der Waals surface area contributed by atoms with E-state index in [1.54, 1.807) is 7.11 Å². The van der Waals surface area contributed by atoms with Crippen LogP contribution in [0.4, 0.5) is 0 Å². The predicted octanol–water partition coefficient (Wildman–Crippen LogP) is 3.63. The number of guanidine groups is 1. The van der Waals surface area contributed by atoms with Gasteiger partial charge in [0.2, 0.25) is 0 Å². The van der Waals surface area contributed by atoms with Crippen LogP contribution in [0.25, 0.3) is 0 Å². The molecular weight excluding hydrogens is 439 g/mol. The number of aliphatic imine (C=N–C) groups is 1. The average molecular weight is 474 g/mol. The minimum absolute atomic E-state index is 0. The number of rotatable bonds is 8. The standard InChI is InChI=1S/C20H34N4O.HI/c1-3-21-20(23-17-18-9-11-19(25-2)12-10-18)22-13-8-16-24-14-6-4-5-7-15-24;/h9-12H,3-8,13-17H2,1-2H3,(H2,21,22,23);1H. The van der Waals surface area contributed by atoms with Crippen molar-refractivity contribution in [2.24, 2.45) is 4.99 Å². The quantitative estimate of drug-likeness (QED) is 0.262. The Morgan fingerprint density at radius 2 is 1.77 bits per heavy atom. The van der Waals surface area contributed by atoms with Crippen molar-refractivity contribution in [3.63, 3.8) is 0 Å². The molecule has 148 valence electrons. The zero-order valence-electron chi connectivity index (χ0n) is 16.3. The van der Waals surface area contributed by atoms with Gasteiger partial charge in [-0.2, -0.15) is 0 Å². The summed E-state index contributed by atoms with van der Waals surface area (Å²) in [6.45, 7) is 8.33. The van der Waals surface area contributed by atoms with Gasteiger partial charge in [-0.25, -0.2) is 4.99 Å². The monoisotopic (exact) mass is 474 g/mol. The summed E-state index contributed by atoms with van der Waals surface area (Å²) in [4.78, 5) is 7.29. The minimum Gasteiger partial charge on any atom is -0.497 e. The maximum Gasteiger partial charge on any atom is 0.191 e. The lowest BCUT2D eigenvalue weighted by Crippen LogP contribution is -2.39. The molecular formula is C20H35IN4O. The highest BCUT2D eigenvalue weighted by Crippen LogP contribution is 2.12. The Labute approximate surface area is 176 Å². The first-order valence-electron chi connectivity index (χ1n) is 9.69. The van der Waals surface area contributed by atoms with Crippen molar-refractivity contribution in [1.29, 1.82) is 0 Å². The Bertz CT molecular complexity index is 499. The molecule has 1 heterocycles. The van der Waals surface area contributed by atoms with E-state index >= 15 is 0 Å². The lowest BCUT2D eigenvalue weighted by molar-refractivity contribution is 0.282. The molecule has 1 aromatic carbocycles. The first-order valence-corrected chi connectivity index (χ1v) is 9.69. The van der Waals surface area contributed by atoms with Gasteiger partial charge in [0.25, 0.3) is 0 Å². The van der Waals surface area contributed by atoms with Crippen LogP contribution in [0.1, 0.15) is 44.6 Å². The fourth-order valence-corrected chi connectivity index (χ4v) is 3.11. The third kappa shape index (κ3) is 9.07. The van der Waals surface area contributed by atoms with Crippen molar-refractivity contribution >= 4 is 29.9 Å². The smallest absolute Gasteiger partial charge is 0.191 e. The highest BCUT2D eigenvalue weighted by atomic mass is 127. The molecule has 1 aromatic rings. The molecule has 1 fully saturated rings. The normalized spacial score (nSPS) is 15.7. The fourth-order valence-electron chi connectivity index (χ4n) is 3.11. The number of hydrogen-bond acceptors (Lipinski definition) is 3. The van der Waals surface area contributed by atoms with Crippen LogP contribution in [-0.4, -0.2) is 50.7 Å². The number of nitrogens with zero attached hydrogens (tertiary/aromatic N) is 2. The molecule has 0 amide bonds. The number of likely N-dealkylation sites (tertiary alicyclic amines) is 1.